The second-order valence-electron chi connectivity index (χ2n) is 10.5. The van der Waals surface area contributed by atoms with Crippen LogP contribution < -0.4 is 15.5 Å². The molecule has 1 aliphatic carbocycles. The average molecular weight is 491 g/mol. The highest BCUT2D eigenvalue weighted by Crippen LogP contribution is 2.36. The van der Waals surface area contributed by atoms with Gasteiger partial charge in [0.25, 0.3) is 0 Å². The Balaban J connectivity index is 1.53. The molecule has 2 amide bonds. The Labute approximate surface area is 216 Å². The number of rotatable bonds is 9. The van der Waals surface area contributed by atoms with Crippen molar-refractivity contribution in [2.45, 2.75) is 76.4 Å². The van der Waals surface area contributed by atoms with E-state index in [2.05, 4.69) is 59.0 Å². The molecule has 1 saturated heterocycles. The van der Waals surface area contributed by atoms with Crippen molar-refractivity contribution < 1.29 is 9.59 Å². The number of nitrogens with zero attached hydrogens (tertiary/aromatic N) is 2. The summed E-state index contributed by atoms with van der Waals surface area (Å²) in [5.74, 6) is 0.470. The molecule has 2 aromatic carbocycles. The summed E-state index contributed by atoms with van der Waals surface area (Å²) >= 11 is 0. The highest BCUT2D eigenvalue weighted by Gasteiger charge is 2.36. The van der Waals surface area contributed by atoms with Crippen molar-refractivity contribution in [3.8, 4) is 0 Å². The molecule has 6 heteroatoms. The Bertz CT molecular complexity index is 1010. The van der Waals surface area contributed by atoms with Gasteiger partial charge in [-0.15, -0.1) is 0 Å². The number of carbonyl (C=O) groups excluding carboxylic acids is 2. The van der Waals surface area contributed by atoms with Crippen LogP contribution in [0.3, 0.4) is 0 Å². The Kier molecular flexibility index (Phi) is 9.03. The normalized spacial score (nSPS) is 20.1. The molecule has 0 unspecified atom stereocenters. The Morgan fingerprint density at radius 3 is 2.42 bits per heavy atom. The van der Waals surface area contributed by atoms with E-state index in [1.54, 1.807) is 7.05 Å². The quantitative estimate of drug-likeness (QED) is 0.508. The third kappa shape index (κ3) is 6.28. The molecule has 0 radical (unpaired) electrons. The van der Waals surface area contributed by atoms with Crippen LogP contribution in [0.5, 0.6) is 0 Å². The van der Waals surface area contributed by atoms with Gasteiger partial charge < -0.3 is 20.4 Å². The van der Waals surface area contributed by atoms with Crippen molar-refractivity contribution in [2.24, 2.45) is 5.92 Å². The second-order valence-corrected chi connectivity index (χ2v) is 10.5. The summed E-state index contributed by atoms with van der Waals surface area (Å²) in [6.45, 7) is 2.58. The van der Waals surface area contributed by atoms with Gasteiger partial charge in [0.15, 0.2) is 0 Å². The maximum atomic E-state index is 14.0. The molecular weight excluding hydrogens is 448 g/mol. The standard InChI is InChI=1S/C30H42N4O2/c1-22(31-2)29(35)32-27(20-23-12-6-4-7-13-23)30(36)34-19-11-18-28(34)24-14-10-17-26(21-24)33(3)25-15-8-5-9-16-25/h5,8-10,14-17,21-23,27-28,31H,4,6-7,11-13,18-20H2,1-3H3,(H,32,35)/t22-,27-,28-/m0/s1. The van der Waals surface area contributed by atoms with Crippen LogP contribution in [-0.2, 0) is 9.59 Å². The molecule has 36 heavy (non-hydrogen) atoms. The van der Waals surface area contributed by atoms with Crippen molar-refractivity contribution in [2.75, 3.05) is 25.5 Å². The summed E-state index contributed by atoms with van der Waals surface area (Å²) in [6.07, 6.45) is 8.69. The van der Waals surface area contributed by atoms with Crippen molar-refractivity contribution >= 4 is 23.2 Å². The number of nitrogens with one attached hydrogen (secondary N) is 2. The van der Waals surface area contributed by atoms with Crippen LogP contribution in [0.25, 0.3) is 0 Å². The third-order valence-electron chi connectivity index (χ3n) is 8.06. The van der Waals surface area contributed by atoms with Gasteiger partial charge in [0, 0.05) is 25.0 Å². The molecule has 2 N–H and O–H groups in total. The molecule has 1 saturated carbocycles. The fourth-order valence-electron chi connectivity index (χ4n) is 5.72. The molecule has 0 bridgehead atoms. The maximum absolute atomic E-state index is 14.0. The van der Waals surface area contributed by atoms with Crippen LogP contribution in [0, 0.1) is 5.92 Å². The van der Waals surface area contributed by atoms with E-state index >= 15 is 0 Å². The minimum atomic E-state index is -0.466. The van der Waals surface area contributed by atoms with Crippen LogP contribution in [0.2, 0.25) is 0 Å². The zero-order valence-corrected chi connectivity index (χ0v) is 22.1. The van der Waals surface area contributed by atoms with Crippen LogP contribution in [0.4, 0.5) is 11.4 Å². The molecule has 0 spiro atoms. The van der Waals surface area contributed by atoms with Gasteiger partial charge in [-0.2, -0.15) is 0 Å². The van der Waals surface area contributed by atoms with Gasteiger partial charge in [-0.25, -0.2) is 0 Å². The first kappa shape index (κ1) is 26.2. The van der Waals surface area contributed by atoms with E-state index in [4.69, 9.17) is 0 Å². The minimum Gasteiger partial charge on any atom is -0.345 e. The fraction of sp³-hybridized carbons (Fsp3) is 0.533. The smallest absolute Gasteiger partial charge is 0.245 e. The van der Waals surface area contributed by atoms with Crippen LogP contribution >= 0.6 is 0 Å². The van der Waals surface area contributed by atoms with E-state index in [0.29, 0.717) is 5.92 Å². The lowest BCUT2D eigenvalue weighted by Gasteiger charge is -2.33. The van der Waals surface area contributed by atoms with Gasteiger partial charge in [-0.3, -0.25) is 9.59 Å². The summed E-state index contributed by atoms with van der Waals surface area (Å²) in [4.78, 5) is 31.0. The number of benzene rings is 2. The largest absolute Gasteiger partial charge is 0.345 e. The lowest BCUT2D eigenvalue weighted by molar-refractivity contribution is -0.138. The molecular formula is C30H42N4O2. The van der Waals surface area contributed by atoms with Gasteiger partial charge in [0.05, 0.1) is 12.1 Å². The van der Waals surface area contributed by atoms with E-state index in [1.165, 1.54) is 19.3 Å². The van der Waals surface area contributed by atoms with Crippen LogP contribution in [-0.4, -0.2) is 49.4 Å². The zero-order chi connectivity index (χ0) is 25.5. The summed E-state index contributed by atoms with van der Waals surface area (Å²) in [6, 6.07) is 18.1. The van der Waals surface area contributed by atoms with Gasteiger partial charge in [0.1, 0.15) is 6.04 Å². The lowest BCUT2D eigenvalue weighted by atomic mass is 9.84. The van der Waals surface area contributed by atoms with E-state index < -0.39 is 6.04 Å². The lowest BCUT2D eigenvalue weighted by Crippen LogP contribution is -2.53. The Hall–Kier alpha value is -2.86. The van der Waals surface area contributed by atoms with Crippen molar-refractivity contribution in [3.05, 3.63) is 60.2 Å². The average Bonchev–Trinajstić information content (AvgIpc) is 3.42. The predicted molar refractivity (Wildman–Crippen MR) is 146 cm³/mol. The number of anilines is 2. The van der Waals surface area contributed by atoms with Gasteiger partial charge >= 0.3 is 0 Å². The summed E-state index contributed by atoms with van der Waals surface area (Å²) in [7, 11) is 3.85. The van der Waals surface area contributed by atoms with E-state index in [9.17, 15) is 9.59 Å². The van der Waals surface area contributed by atoms with E-state index in [1.807, 2.05) is 30.0 Å². The van der Waals surface area contributed by atoms with Crippen molar-refractivity contribution in [1.29, 1.82) is 0 Å². The highest BCUT2D eigenvalue weighted by molar-refractivity contribution is 5.90. The molecule has 2 fully saturated rings. The van der Waals surface area contributed by atoms with E-state index in [0.717, 1.165) is 55.6 Å². The minimum absolute atomic E-state index is 0.0362. The van der Waals surface area contributed by atoms with Gasteiger partial charge in [-0.1, -0.05) is 62.4 Å². The van der Waals surface area contributed by atoms with Gasteiger partial charge in [0.2, 0.25) is 11.8 Å². The van der Waals surface area contributed by atoms with Crippen LogP contribution in [0.15, 0.2) is 54.6 Å². The maximum Gasteiger partial charge on any atom is 0.245 e. The summed E-state index contributed by atoms with van der Waals surface area (Å²) in [5.41, 5.74) is 3.39. The monoisotopic (exact) mass is 490 g/mol. The molecule has 1 heterocycles. The molecule has 1 aliphatic heterocycles. The third-order valence-corrected chi connectivity index (χ3v) is 8.06. The number of hydrogen-bond acceptors (Lipinski definition) is 4. The van der Waals surface area contributed by atoms with Crippen molar-refractivity contribution in [3.63, 3.8) is 0 Å². The molecule has 194 valence electrons. The first-order valence-electron chi connectivity index (χ1n) is 13.6. The predicted octanol–water partition coefficient (Wildman–Crippen LogP) is 5.18. The highest BCUT2D eigenvalue weighted by atomic mass is 16.2. The van der Waals surface area contributed by atoms with Crippen LogP contribution in [0.1, 0.15) is 69.9 Å². The second kappa shape index (κ2) is 12.4. The molecule has 2 aromatic rings. The number of carbonyl (C=O) groups is 2. The molecule has 6 nitrogen and oxygen atoms in total. The number of likely N-dealkylation sites (tertiary alicyclic amines) is 1. The Morgan fingerprint density at radius 1 is 0.972 bits per heavy atom. The molecule has 4 rings (SSSR count). The van der Waals surface area contributed by atoms with Crippen molar-refractivity contribution in [1.82, 2.24) is 15.5 Å². The zero-order valence-electron chi connectivity index (χ0n) is 22.1. The summed E-state index contributed by atoms with van der Waals surface area (Å²) < 4.78 is 0. The van der Waals surface area contributed by atoms with Gasteiger partial charge in [-0.05, 0) is 69.0 Å². The number of para-hydroxylation sites is 1. The summed E-state index contributed by atoms with van der Waals surface area (Å²) in [5, 5.41) is 6.12. The Morgan fingerprint density at radius 2 is 1.69 bits per heavy atom. The molecule has 2 aliphatic rings. The number of likely N-dealkylation sites (N-methyl/N-ethyl adjacent to an activating group) is 1. The van der Waals surface area contributed by atoms with E-state index in [-0.39, 0.29) is 23.9 Å². The topological polar surface area (TPSA) is 64.7 Å². The number of amides is 2. The first-order valence-corrected chi connectivity index (χ1v) is 13.6. The first-order chi connectivity index (χ1) is 17.5. The molecule has 0 aromatic heterocycles. The SMILES string of the molecule is CN[C@@H](C)C(=O)N[C@@H](CC1CCCCC1)C(=O)N1CCC[C@H]1c1cccc(N(C)c2ccccc2)c1. The fourth-order valence-corrected chi connectivity index (χ4v) is 5.72. The number of hydrogen-bond donors (Lipinski definition) is 2. The molecule has 3 atom stereocenters.